The van der Waals surface area contributed by atoms with Crippen LogP contribution in [0.1, 0.15) is 24.3 Å². The Labute approximate surface area is 153 Å². The maximum absolute atomic E-state index is 5.86. The van der Waals surface area contributed by atoms with E-state index in [1.165, 1.54) is 16.3 Å². The van der Waals surface area contributed by atoms with E-state index < -0.39 is 0 Å². The molecule has 4 heteroatoms. The molecule has 3 aromatic carbocycles. The molecule has 4 rings (SSSR count). The van der Waals surface area contributed by atoms with Crippen molar-refractivity contribution in [3.8, 4) is 0 Å². The summed E-state index contributed by atoms with van der Waals surface area (Å²) in [5.41, 5.74) is 2.33. The number of benzene rings is 3. The first kappa shape index (κ1) is 16.3. The summed E-state index contributed by atoms with van der Waals surface area (Å²) in [7, 11) is 0. The fourth-order valence-electron chi connectivity index (χ4n) is 3.12. The lowest BCUT2D eigenvalue weighted by Crippen LogP contribution is -2.22. The lowest BCUT2D eigenvalue weighted by molar-refractivity contribution is 0.453. The van der Waals surface area contributed by atoms with E-state index in [1.807, 2.05) is 18.2 Å². The second kappa shape index (κ2) is 7.40. The van der Waals surface area contributed by atoms with Crippen molar-refractivity contribution in [3.05, 3.63) is 90.1 Å². The van der Waals surface area contributed by atoms with Crippen LogP contribution in [0, 0.1) is 0 Å². The molecule has 26 heavy (non-hydrogen) atoms. The molecule has 130 valence electrons. The second-order valence-electron chi connectivity index (χ2n) is 6.30. The number of rotatable bonds is 6. The van der Waals surface area contributed by atoms with Crippen molar-refractivity contribution in [2.75, 3.05) is 11.4 Å². The molecule has 1 aromatic heterocycles. The number of nitrogens with zero attached hydrogens (tertiary/aromatic N) is 3. The van der Waals surface area contributed by atoms with Gasteiger partial charge < -0.3 is 9.32 Å². The van der Waals surface area contributed by atoms with Gasteiger partial charge in [0.15, 0.2) is 0 Å². The Balaban J connectivity index is 1.51. The molecule has 0 atom stereocenters. The molecule has 0 bridgehead atoms. The Morgan fingerprint density at radius 2 is 1.54 bits per heavy atom. The van der Waals surface area contributed by atoms with Crippen LogP contribution in [0.4, 0.5) is 5.69 Å². The van der Waals surface area contributed by atoms with Crippen LogP contribution in [0.15, 0.2) is 77.2 Å². The Morgan fingerprint density at radius 1 is 0.808 bits per heavy atom. The van der Waals surface area contributed by atoms with E-state index in [-0.39, 0.29) is 0 Å². The topological polar surface area (TPSA) is 42.2 Å². The molecule has 0 unspecified atom stereocenters. The summed E-state index contributed by atoms with van der Waals surface area (Å²) in [6.07, 6.45) is 0.663. The Bertz CT molecular complexity index is 994. The van der Waals surface area contributed by atoms with Crippen molar-refractivity contribution in [3.63, 3.8) is 0 Å². The lowest BCUT2D eigenvalue weighted by atomic mass is 10.1. The van der Waals surface area contributed by atoms with Crippen LogP contribution in [0.2, 0.25) is 0 Å². The number of aromatic nitrogens is 2. The van der Waals surface area contributed by atoms with Gasteiger partial charge in [0.2, 0.25) is 11.8 Å². The highest BCUT2D eigenvalue weighted by molar-refractivity contribution is 5.85. The fourth-order valence-corrected chi connectivity index (χ4v) is 3.12. The molecule has 0 aliphatic rings. The van der Waals surface area contributed by atoms with Crippen molar-refractivity contribution < 1.29 is 4.42 Å². The first-order valence-corrected chi connectivity index (χ1v) is 8.91. The fraction of sp³-hybridized carbons (Fsp3) is 0.182. The highest BCUT2D eigenvalue weighted by Gasteiger charge is 2.12. The first-order chi connectivity index (χ1) is 12.8. The average molecular weight is 343 g/mol. The van der Waals surface area contributed by atoms with Gasteiger partial charge in [-0.25, -0.2) is 0 Å². The first-order valence-electron chi connectivity index (χ1n) is 8.91. The summed E-state index contributed by atoms with van der Waals surface area (Å²) >= 11 is 0. The molecule has 0 saturated carbocycles. The van der Waals surface area contributed by atoms with Gasteiger partial charge in [0.05, 0.1) is 13.0 Å². The molecule has 0 spiro atoms. The number of hydrogen-bond acceptors (Lipinski definition) is 4. The quantitative estimate of drug-likeness (QED) is 0.502. The molecule has 0 amide bonds. The number of hydrogen-bond donors (Lipinski definition) is 0. The highest BCUT2D eigenvalue weighted by Crippen LogP contribution is 2.23. The normalized spacial score (nSPS) is 11.0. The van der Waals surface area contributed by atoms with Gasteiger partial charge >= 0.3 is 0 Å². The van der Waals surface area contributed by atoms with E-state index in [0.29, 0.717) is 24.7 Å². The molecule has 1 heterocycles. The molecular weight excluding hydrogens is 322 g/mol. The largest absolute Gasteiger partial charge is 0.423 e. The van der Waals surface area contributed by atoms with Crippen LogP contribution >= 0.6 is 0 Å². The van der Waals surface area contributed by atoms with Crippen molar-refractivity contribution in [1.82, 2.24) is 10.2 Å². The third-order valence-electron chi connectivity index (χ3n) is 4.51. The van der Waals surface area contributed by atoms with Gasteiger partial charge in [-0.05, 0) is 35.4 Å². The number of anilines is 1. The third-order valence-corrected chi connectivity index (χ3v) is 4.51. The van der Waals surface area contributed by atoms with E-state index in [2.05, 4.69) is 76.6 Å². The van der Waals surface area contributed by atoms with Crippen LogP contribution < -0.4 is 4.90 Å². The molecule has 4 nitrogen and oxygen atoms in total. The molecule has 0 radical (unpaired) electrons. The lowest BCUT2D eigenvalue weighted by Gasteiger charge is -2.21. The van der Waals surface area contributed by atoms with Crippen LogP contribution in [-0.4, -0.2) is 16.7 Å². The maximum Gasteiger partial charge on any atom is 0.235 e. The third kappa shape index (κ3) is 3.59. The molecule has 4 aromatic rings. The van der Waals surface area contributed by atoms with Crippen molar-refractivity contribution >= 4 is 16.5 Å². The van der Waals surface area contributed by atoms with Crippen LogP contribution in [0.5, 0.6) is 0 Å². The summed E-state index contributed by atoms with van der Waals surface area (Å²) < 4.78 is 5.86. The zero-order valence-electron chi connectivity index (χ0n) is 14.8. The van der Waals surface area contributed by atoms with Crippen molar-refractivity contribution in [1.29, 1.82) is 0 Å². The minimum absolute atomic E-state index is 0.608. The second-order valence-corrected chi connectivity index (χ2v) is 6.30. The molecule has 0 aliphatic carbocycles. The molecule has 0 N–H and O–H groups in total. The smallest absolute Gasteiger partial charge is 0.235 e. The monoisotopic (exact) mass is 343 g/mol. The summed E-state index contributed by atoms with van der Waals surface area (Å²) in [5.74, 6) is 1.30. The minimum atomic E-state index is 0.608. The standard InChI is InChI=1S/C22H21N3O/c1-2-25(20-13-12-18-10-6-7-11-19(18)15-20)16-22-24-23-21(26-22)14-17-8-4-3-5-9-17/h3-13,15H,2,14,16H2,1H3. The van der Waals surface area contributed by atoms with Gasteiger partial charge in [-0.1, -0.05) is 60.7 Å². The Hall–Kier alpha value is -3.14. The minimum Gasteiger partial charge on any atom is -0.423 e. The van der Waals surface area contributed by atoms with Gasteiger partial charge in [0, 0.05) is 12.2 Å². The predicted octanol–water partition coefficient (Wildman–Crippen LogP) is 4.84. The zero-order valence-corrected chi connectivity index (χ0v) is 14.8. The van der Waals surface area contributed by atoms with E-state index >= 15 is 0 Å². The van der Waals surface area contributed by atoms with Gasteiger partial charge in [-0.3, -0.25) is 0 Å². The average Bonchev–Trinajstić information content (AvgIpc) is 3.13. The van der Waals surface area contributed by atoms with Gasteiger partial charge in [0.25, 0.3) is 0 Å². The van der Waals surface area contributed by atoms with Crippen LogP contribution in [0.3, 0.4) is 0 Å². The summed E-state index contributed by atoms with van der Waals surface area (Å²) in [5, 5.41) is 10.9. The summed E-state index contributed by atoms with van der Waals surface area (Å²) in [4.78, 5) is 2.24. The SMILES string of the molecule is CCN(Cc1nnc(Cc2ccccc2)o1)c1ccc2ccccc2c1. The van der Waals surface area contributed by atoms with Crippen molar-refractivity contribution in [2.24, 2.45) is 0 Å². The highest BCUT2D eigenvalue weighted by atomic mass is 16.4. The number of fused-ring (bicyclic) bond motifs is 1. The van der Waals surface area contributed by atoms with Gasteiger partial charge in [-0.2, -0.15) is 0 Å². The van der Waals surface area contributed by atoms with E-state index in [9.17, 15) is 0 Å². The van der Waals surface area contributed by atoms with Crippen LogP contribution in [0.25, 0.3) is 10.8 Å². The van der Waals surface area contributed by atoms with E-state index in [4.69, 9.17) is 4.42 Å². The maximum atomic E-state index is 5.86. The predicted molar refractivity (Wildman–Crippen MR) is 104 cm³/mol. The Kier molecular flexibility index (Phi) is 4.65. The molecule has 0 fully saturated rings. The van der Waals surface area contributed by atoms with Gasteiger partial charge in [-0.15, -0.1) is 10.2 Å². The van der Waals surface area contributed by atoms with E-state index in [1.54, 1.807) is 0 Å². The zero-order chi connectivity index (χ0) is 17.8. The molecule has 0 aliphatic heterocycles. The Morgan fingerprint density at radius 3 is 2.35 bits per heavy atom. The molecular formula is C22H21N3O. The summed E-state index contributed by atoms with van der Waals surface area (Å²) in [6.45, 7) is 3.61. The summed E-state index contributed by atoms with van der Waals surface area (Å²) in [6, 6.07) is 25.1. The van der Waals surface area contributed by atoms with E-state index in [0.717, 1.165) is 12.2 Å². The van der Waals surface area contributed by atoms with Crippen molar-refractivity contribution in [2.45, 2.75) is 19.9 Å². The van der Waals surface area contributed by atoms with Gasteiger partial charge in [0.1, 0.15) is 0 Å². The molecule has 0 saturated heterocycles. The van der Waals surface area contributed by atoms with Crippen LogP contribution in [-0.2, 0) is 13.0 Å².